The average molecular weight is 461 g/mol. The van der Waals surface area contributed by atoms with Gasteiger partial charge >= 0.3 is 5.97 Å². The van der Waals surface area contributed by atoms with Crippen molar-refractivity contribution in [2.75, 3.05) is 11.9 Å². The predicted molar refractivity (Wildman–Crippen MR) is 116 cm³/mol. The number of benzene rings is 2. The number of halogens is 1. The van der Waals surface area contributed by atoms with Crippen LogP contribution < -0.4 is 10.6 Å². The van der Waals surface area contributed by atoms with Crippen LogP contribution in [0.15, 0.2) is 46.9 Å². The molecule has 154 valence electrons. The average Bonchev–Trinajstić information content (AvgIpc) is 2.66. The normalized spacial score (nSPS) is 11.7. The van der Waals surface area contributed by atoms with Gasteiger partial charge in [0.15, 0.2) is 6.61 Å². The lowest BCUT2D eigenvalue weighted by Gasteiger charge is -2.21. The van der Waals surface area contributed by atoms with Crippen molar-refractivity contribution in [3.8, 4) is 0 Å². The van der Waals surface area contributed by atoms with Gasteiger partial charge in [0.2, 0.25) is 0 Å². The first-order valence-electron chi connectivity index (χ1n) is 9.28. The minimum Gasteiger partial charge on any atom is -0.454 e. The van der Waals surface area contributed by atoms with Crippen LogP contribution in [0.4, 0.5) is 5.69 Å². The quantitative estimate of drug-likeness (QED) is 0.611. The Morgan fingerprint density at radius 2 is 1.72 bits per heavy atom. The molecule has 2 rings (SSSR count). The zero-order valence-electron chi connectivity index (χ0n) is 16.9. The number of ether oxygens (including phenoxy) is 1. The fraction of sp³-hybridized carbons (Fsp3) is 0.318. The number of hydrogen-bond acceptors (Lipinski definition) is 4. The molecule has 0 saturated carbocycles. The Morgan fingerprint density at radius 3 is 2.34 bits per heavy atom. The molecule has 0 unspecified atom stereocenters. The highest BCUT2D eigenvalue weighted by Gasteiger charge is 2.27. The summed E-state index contributed by atoms with van der Waals surface area (Å²) in [5, 5.41) is 5.42. The maximum absolute atomic E-state index is 12.5. The van der Waals surface area contributed by atoms with Crippen molar-refractivity contribution in [1.82, 2.24) is 5.32 Å². The van der Waals surface area contributed by atoms with E-state index in [-0.39, 0.29) is 11.8 Å². The van der Waals surface area contributed by atoms with Crippen molar-refractivity contribution in [2.45, 2.75) is 33.7 Å². The predicted octanol–water partition coefficient (Wildman–Crippen LogP) is 4.00. The summed E-state index contributed by atoms with van der Waals surface area (Å²) in [6.07, 6.45) is 0. The van der Waals surface area contributed by atoms with Crippen molar-refractivity contribution in [3.63, 3.8) is 0 Å². The van der Waals surface area contributed by atoms with E-state index in [1.165, 1.54) is 0 Å². The minimum absolute atomic E-state index is 0.202. The highest BCUT2D eigenvalue weighted by Crippen LogP contribution is 2.20. The minimum atomic E-state index is -0.857. The first-order chi connectivity index (χ1) is 13.7. The van der Waals surface area contributed by atoms with Crippen LogP contribution in [0.2, 0.25) is 0 Å². The third-order valence-electron chi connectivity index (χ3n) is 4.40. The third-order valence-corrected chi connectivity index (χ3v) is 4.90. The summed E-state index contributed by atoms with van der Waals surface area (Å²) in [4.78, 5) is 37.2. The van der Waals surface area contributed by atoms with Crippen molar-refractivity contribution >= 4 is 39.4 Å². The Labute approximate surface area is 179 Å². The van der Waals surface area contributed by atoms with Gasteiger partial charge in [-0.05, 0) is 55.2 Å². The molecular weight excluding hydrogens is 436 g/mol. The topological polar surface area (TPSA) is 84.5 Å². The first-order valence-corrected chi connectivity index (χ1v) is 10.1. The van der Waals surface area contributed by atoms with Gasteiger partial charge in [0.25, 0.3) is 11.8 Å². The van der Waals surface area contributed by atoms with E-state index in [0.29, 0.717) is 11.3 Å². The van der Waals surface area contributed by atoms with Crippen LogP contribution in [-0.2, 0) is 14.3 Å². The summed E-state index contributed by atoms with van der Waals surface area (Å²) in [6.45, 7) is 6.86. The highest BCUT2D eigenvalue weighted by molar-refractivity contribution is 9.10. The van der Waals surface area contributed by atoms with Gasteiger partial charge in [-0.1, -0.05) is 48.0 Å². The Morgan fingerprint density at radius 1 is 1.03 bits per heavy atom. The van der Waals surface area contributed by atoms with E-state index < -0.39 is 24.5 Å². The van der Waals surface area contributed by atoms with E-state index in [1.54, 1.807) is 32.0 Å². The molecule has 0 spiro atoms. The van der Waals surface area contributed by atoms with Gasteiger partial charge in [0, 0.05) is 15.7 Å². The van der Waals surface area contributed by atoms with E-state index in [0.717, 1.165) is 15.6 Å². The molecule has 1 atom stereocenters. The molecule has 0 bridgehead atoms. The molecule has 0 radical (unpaired) electrons. The van der Waals surface area contributed by atoms with Crippen LogP contribution >= 0.6 is 15.9 Å². The Bertz CT molecular complexity index is 911. The number of esters is 1. The van der Waals surface area contributed by atoms with Gasteiger partial charge in [-0.25, -0.2) is 4.79 Å². The second kappa shape index (κ2) is 10.2. The number of rotatable bonds is 7. The van der Waals surface area contributed by atoms with E-state index in [1.807, 2.05) is 38.1 Å². The molecular formula is C22H25BrN2O4. The summed E-state index contributed by atoms with van der Waals surface area (Å²) in [5.41, 5.74) is 2.83. The molecule has 2 aromatic carbocycles. The highest BCUT2D eigenvalue weighted by atomic mass is 79.9. The molecule has 0 aliphatic carbocycles. The van der Waals surface area contributed by atoms with E-state index in [4.69, 9.17) is 4.74 Å². The number of aryl methyl sites for hydroxylation is 2. The fourth-order valence-electron chi connectivity index (χ4n) is 2.72. The van der Waals surface area contributed by atoms with Crippen LogP contribution in [-0.4, -0.2) is 30.4 Å². The van der Waals surface area contributed by atoms with Crippen molar-refractivity contribution in [3.05, 3.63) is 63.6 Å². The summed E-state index contributed by atoms with van der Waals surface area (Å²) in [6, 6.07) is 11.7. The zero-order chi connectivity index (χ0) is 21.6. The summed E-state index contributed by atoms with van der Waals surface area (Å²) in [5.74, 6) is -1.65. The van der Waals surface area contributed by atoms with Gasteiger partial charge in [-0.2, -0.15) is 0 Å². The summed E-state index contributed by atoms with van der Waals surface area (Å²) >= 11 is 3.37. The van der Waals surface area contributed by atoms with Crippen molar-refractivity contribution in [2.24, 2.45) is 5.92 Å². The number of nitrogens with one attached hydrogen (secondary N) is 2. The summed E-state index contributed by atoms with van der Waals surface area (Å²) in [7, 11) is 0. The van der Waals surface area contributed by atoms with Gasteiger partial charge < -0.3 is 15.4 Å². The lowest BCUT2D eigenvalue weighted by Crippen LogP contribution is -2.46. The molecule has 0 heterocycles. The first kappa shape index (κ1) is 22.6. The third kappa shape index (κ3) is 6.42. The molecule has 2 aromatic rings. The van der Waals surface area contributed by atoms with Crippen LogP contribution in [0.3, 0.4) is 0 Å². The maximum Gasteiger partial charge on any atom is 0.329 e. The number of hydrogen-bond donors (Lipinski definition) is 2. The Hall–Kier alpha value is -2.67. The number of carbonyl (C=O) groups is 3. The molecule has 7 heteroatoms. The maximum atomic E-state index is 12.5. The monoisotopic (exact) mass is 460 g/mol. The molecule has 29 heavy (non-hydrogen) atoms. The van der Waals surface area contributed by atoms with E-state index in [2.05, 4.69) is 26.6 Å². The zero-order valence-corrected chi connectivity index (χ0v) is 18.5. The molecule has 0 aliphatic rings. The molecule has 0 aromatic heterocycles. The number of amides is 2. The fourth-order valence-corrected chi connectivity index (χ4v) is 3.20. The van der Waals surface area contributed by atoms with E-state index >= 15 is 0 Å². The van der Waals surface area contributed by atoms with Gasteiger partial charge in [-0.3, -0.25) is 9.59 Å². The molecule has 6 nitrogen and oxygen atoms in total. The van der Waals surface area contributed by atoms with Crippen molar-refractivity contribution in [1.29, 1.82) is 0 Å². The molecule has 2 amide bonds. The van der Waals surface area contributed by atoms with Crippen LogP contribution in [0.25, 0.3) is 0 Å². The number of carbonyl (C=O) groups excluding carboxylic acids is 3. The molecule has 0 aliphatic heterocycles. The van der Waals surface area contributed by atoms with Crippen molar-refractivity contribution < 1.29 is 19.1 Å². The molecule has 0 fully saturated rings. The second-order valence-corrected chi connectivity index (χ2v) is 8.04. The van der Waals surface area contributed by atoms with Gasteiger partial charge in [-0.15, -0.1) is 0 Å². The smallest absolute Gasteiger partial charge is 0.329 e. The molecule has 2 N–H and O–H groups in total. The molecule has 0 saturated heterocycles. The van der Waals surface area contributed by atoms with Gasteiger partial charge in [0.05, 0.1) is 0 Å². The van der Waals surface area contributed by atoms with Crippen LogP contribution in [0.1, 0.15) is 35.3 Å². The standard InChI is InChI=1S/C22H25BrN2O4/c1-13(2)20(25-21(27)17-8-6-5-7-14(17)3)22(28)29-12-19(26)24-18-10-9-16(23)11-15(18)4/h5-11,13,20H,12H2,1-4H3,(H,24,26)(H,25,27)/t20-/m0/s1. The lowest BCUT2D eigenvalue weighted by molar-refractivity contribution is -0.150. The lowest BCUT2D eigenvalue weighted by atomic mass is 10.0. The van der Waals surface area contributed by atoms with E-state index in [9.17, 15) is 14.4 Å². The Kier molecular flexibility index (Phi) is 7.96. The SMILES string of the molecule is Cc1cc(Br)ccc1NC(=O)COC(=O)[C@@H](NC(=O)c1ccccc1C)C(C)C. The second-order valence-electron chi connectivity index (χ2n) is 7.13. The van der Waals surface area contributed by atoms with Gasteiger partial charge in [0.1, 0.15) is 6.04 Å². The summed E-state index contributed by atoms with van der Waals surface area (Å²) < 4.78 is 6.06. The number of anilines is 1. The largest absolute Gasteiger partial charge is 0.454 e. The van der Waals surface area contributed by atoms with Crippen LogP contribution in [0.5, 0.6) is 0 Å². The van der Waals surface area contributed by atoms with Crippen LogP contribution in [0, 0.1) is 19.8 Å². The Balaban J connectivity index is 1.96.